The zero-order valence-electron chi connectivity index (χ0n) is 15.1. The maximum Gasteiger partial charge on any atom is 0.0991 e. The molecule has 1 aliphatic heterocycles. The zero-order chi connectivity index (χ0) is 17.6. The van der Waals surface area contributed by atoms with E-state index in [2.05, 4.69) is 69.8 Å². The number of likely N-dealkylation sites (tertiary alicyclic amines) is 1. The summed E-state index contributed by atoms with van der Waals surface area (Å²) in [5.41, 5.74) is 3.90. The quantitative estimate of drug-likeness (QED) is 0.740. The molecule has 1 fully saturated rings. The summed E-state index contributed by atoms with van der Waals surface area (Å²) in [6, 6.07) is 20.1. The summed E-state index contributed by atoms with van der Waals surface area (Å²) in [7, 11) is 0. The molecule has 4 heteroatoms. The lowest BCUT2D eigenvalue weighted by atomic mass is 10.0. The third kappa shape index (κ3) is 4.40. The number of imidazole rings is 1. The fourth-order valence-corrected chi connectivity index (χ4v) is 3.60. The summed E-state index contributed by atoms with van der Waals surface area (Å²) in [5, 5.41) is 3.73. The predicted octanol–water partition coefficient (Wildman–Crippen LogP) is 3.63. The number of hydrogen-bond donors (Lipinski definition) is 1. The molecule has 1 aliphatic rings. The van der Waals surface area contributed by atoms with Gasteiger partial charge in [-0.15, -0.1) is 0 Å². The molecule has 0 saturated carbocycles. The third-order valence-electron chi connectivity index (χ3n) is 5.17. The highest BCUT2D eigenvalue weighted by atomic mass is 15.1. The molecule has 1 saturated heterocycles. The maximum atomic E-state index is 4.10. The van der Waals surface area contributed by atoms with Crippen LogP contribution in [0, 0.1) is 0 Å². The van der Waals surface area contributed by atoms with Gasteiger partial charge in [0, 0.05) is 37.2 Å². The van der Waals surface area contributed by atoms with E-state index < -0.39 is 0 Å². The number of piperidine rings is 1. The van der Waals surface area contributed by atoms with Crippen molar-refractivity contribution < 1.29 is 0 Å². The highest BCUT2D eigenvalue weighted by Crippen LogP contribution is 2.15. The molecule has 0 unspecified atom stereocenters. The van der Waals surface area contributed by atoms with Crippen molar-refractivity contribution in [2.75, 3.05) is 13.1 Å². The van der Waals surface area contributed by atoms with Crippen LogP contribution in [0.4, 0.5) is 0 Å². The summed E-state index contributed by atoms with van der Waals surface area (Å²) in [4.78, 5) is 6.66. The fourth-order valence-electron chi connectivity index (χ4n) is 3.60. The largest absolute Gasteiger partial charge is 0.310 e. The molecule has 26 heavy (non-hydrogen) atoms. The second-order valence-electron chi connectivity index (χ2n) is 7.05. The van der Waals surface area contributed by atoms with Gasteiger partial charge in [-0.05, 0) is 49.2 Å². The van der Waals surface area contributed by atoms with E-state index in [0.29, 0.717) is 6.04 Å². The smallest absolute Gasteiger partial charge is 0.0991 e. The highest BCUT2D eigenvalue weighted by Gasteiger charge is 2.18. The highest BCUT2D eigenvalue weighted by molar-refractivity contribution is 5.34. The van der Waals surface area contributed by atoms with E-state index in [1.54, 1.807) is 6.20 Å². The number of benzene rings is 2. The number of nitrogens with one attached hydrogen (secondary N) is 1. The second kappa shape index (κ2) is 8.30. The molecule has 0 atom stereocenters. The van der Waals surface area contributed by atoms with E-state index in [-0.39, 0.29) is 0 Å². The number of nitrogens with zero attached hydrogens (tertiary/aromatic N) is 3. The van der Waals surface area contributed by atoms with E-state index in [4.69, 9.17) is 0 Å². The van der Waals surface area contributed by atoms with Crippen molar-refractivity contribution in [2.24, 2.45) is 0 Å². The second-order valence-corrected chi connectivity index (χ2v) is 7.05. The molecule has 0 bridgehead atoms. The first-order valence-electron chi connectivity index (χ1n) is 9.44. The Bertz CT molecular complexity index is 773. The topological polar surface area (TPSA) is 33.1 Å². The van der Waals surface area contributed by atoms with E-state index in [9.17, 15) is 0 Å². The average molecular weight is 346 g/mol. The van der Waals surface area contributed by atoms with Crippen LogP contribution in [0.1, 0.15) is 24.0 Å². The molecule has 0 spiro atoms. The summed E-state index contributed by atoms with van der Waals surface area (Å²) >= 11 is 0. The van der Waals surface area contributed by atoms with Crippen LogP contribution in [0.2, 0.25) is 0 Å². The monoisotopic (exact) mass is 346 g/mol. The van der Waals surface area contributed by atoms with E-state index in [1.165, 1.54) is 37.1 Å². The van der Waals surface area contributed by atoms with Gasteiger partial charge in [0.25, 0.3) is 0 Å². The van der Waals surface area contributed by atoms with Crippen molar-refractivity contribution in [2.45, 2.75) is 32.0 Å². The van der Waals surface area contributed by atoms with E-state index in [1.807, 2.05) is 17.1 Å². The van der Waals surface area contributed by atoms with Gasteiger partial charge in [-0.25, -0.2) is 4.98 Å². The van der Waals surface area contributed by atoms with Gasteiger partial charge in [0.05, 0.1) is 6.33 Å². The van der Waals surface area contributed by atoms with Gasteiger partial charge in [0.2, 0.25) is 0 Å². The SMILES string of the molecule is c1ccc(CN2CCC(NCc3ccc(-n4ccnc4)cc3)CC2)cc1. The van der Waals surface area contributed by atoms with Crippen molar-refractivity contribution in [1.29, 1.82) is 0 Å². The Labute approximate surface area is 155 Å². The van der Waals surface area contributed by atoms with Crippen LogP contribution in [-0.2, 0) is 13.1 Å². The van der Waals surface area contributed by atoms with Gasteiger partial charge in [0.1, 0.15) is 0 Å². The molecular formula is C22H26N4. The minimum absolute atomic E-state index is 0.621. The molecule has 0 amide bonds. The molecule has 3 aromatic rings. The van der Waals surface area contributed by atoms with Crippen LogP contribution in [0.5, 0.6) is 0 Å². The van der Waals surface area contributed by atoms with Crippen LogP contribution in [0.3, 0.4) is 0 Å². The van der Waals surface area contributed by atoms with Crippen LogP contribution in [-0.4, -0.2) is 33.6 Å². The summed E-state index contributed by atoms with van der Waals surface area (Å²) in [6.07, 6.45) is 8.05. The molecule has 0 aliphatic carbocycles. The zero-order valence-corrected chi connectivity index (χ0v) is 15.1. The maximum absolute atomic E-state index is 4.10. The molecule has 134 valence electrons. The minimum atomic E-state index is 0.621. The Morgan fingerprint density at radius 3 is 2.38 bits per heavy atom. The van der Waals surface area contributed by atoms with Gasteiger partial charge in [-0.1, -0.05) is 42.5 Å². The molecule has 2 heterocycles. The van der Waals surface area contributed by atoms with Gasteiger partial charge < -0.3 is 9.88 Å². The molecule has 4 rings (SSSR count). The molecular weight excluding hydrogens is 320 g/mol. The van der Waals surface area contributed by atoms with Gasteiger partial charge in [-0.2, -0.15) is 0 Å². The minimum Gasteiger partial charge on any atom is -0.310 e. The average Bonchev–Trinajstić information content (AvgIpc) is 3.24. The van der Waals surface area contributed by atoms with Crippen LogP contribution < -0.4 is 5.32 Å². The van der Waals surface area contributed by atoms with Crippen molar-refractivity contribution in [3.63, 3.8) is 0 Å². The Balaban J connectivity index is 1.22. The van der Waals surface area contributed by atoms with E-state index in [0.717, 1.165) is 18.8 Å². The van der Waals surface area contributed by atoms with E-state index >= 15 is 0 Å². The van der Waals surface area contributed by atoms with Crippen molar-refractivity contribution in [3.05, 3.63) is 84.4 Å². The number of rotatable bonds is 6. The summed E-state index contributed by atoms with van der Waals surface area (Å²) in [6.45, 7) is 4.36. The first kappa shape index (κ1) is 17.0. The first-order valence-corrected chi connectivity index (χ1v) is 9.44. The lowest BCUT2D eigenvalue weighted by Crippen LogP contribution is -2.41. The van der Waals surface area contributed by atoms with Gasteiger partial charge >= 0.3 is 0 Å². The number of hydrogen-bond acceptors (Lipinski definition) is 3. The van der Waals surface area contributed by atoms with Crippen molar-refractivity contribution in [3.8, 4) is 5.69 Å². The molecule has 1 N–H and O–H groups in total. The summed E-state index contributed by atoms with van der Waals surface area (Å²) in [5.74, 6) is 0. The lowest BCUT2D eigenvalue weighted by Gasteiger charge is -2.32. The molecule has 0 radical (unpaired) electrons. The first-order chi connectivity index (χ1) is 12.9. The van der Waals surface area contributed by atoms with Crippen molar-refractivity contribution in [1.82, 2.24) is 19.8 Å². The Hall–Kier alpha value is -2.43. The predicted molar refractivity (Wildman–Crippen MR) is 105 cm³/mol. The third-order valence-corrected chi connectivity index (χ3v) is 5.17. The van der Waals surface area contributed by atoms with Crippen molar-refractivity contribution >= 4 is 0 Å². The normalized spacial score (nSPS) is 16.0. The van der Waals surface area contributed by atoms with Gasteiger partial charge in [0.15, 0.2) is 0 Å². The fraction of sp³-hybridized carbons (Fsp3) is 0.318. The standard InChI is InChI=1S/C22H26N4/c1-2-4-20(5-3-1)17-25-13-10-21(11-14-25)24-16-19-6-8-22(9-7-19)26-15-12-23-18-26/h1-9,12,15,18,21,24H,10-11,13-14,16-17H2. The number of aromatic nitrogens is 2. The molecule has 1 aromatic heterocycles. The molecule has 4 nitrogen and oxygen atoms in total. The van der Waals surface area contributed by atoms with Crippen LogP contribution in [0.25, 0.3) is 5.69 Å². The Morgan fingerprint density at radius 2 is 1.69 bits per heavy atom. The Kier molecular flexibility index (Phi) is 5.43. The lowest BCUT2D eigenvalue weighted by molar-refractivity contribution is 0.190. The summed E-state index contributed by atoms with van der Waals surface area (Å²) < 4.78 is 2.03. The Morgan fingerprint density at radius 1 is 0.923 bits per heavy atom. The molecule has 2 aromatic carbocycles. The van der Waals surface area contributed by atoms with Crippen LogP contribution >= 0.6 is 0 Å². The van der Waals surface area contributed by atoms with Crippen LogP contribution in [0.15, 0.2) is 73.3 Å². The van der Waals surface area contributed by atoms with Gasteiger partial charge in [-0.3, -0.25) is 4.90 Å².